The first-order chi connectivity index (χ1) is 20.9. The van der Waals surface area contributed by atoms with Crippen molar-refractivity contribution in [3.8, 4) is 0 Å². The van der Waals surface area contributed by atoms with Gasteiger partial charge in [-0.3, -0.25) is 0 Å². The van der Waals surface area contributed by atoms with Crippen molar-refractivity contribution in [2.45, 2.75) is 44.9 Å². The van der Waals surface area contributed by atoms with E-state index in [0.717, 1.165) is 17.9 Å². The van der Waals surface area contributed by atoms with Crippen molar-refractivity contribution in [1.29, 1.82) is 0 Å². The quantitative estimate of drug-likeness (QED) is 0.223. The number of rotatable bonds is 3. The summed E-state index contributed by atoms with van der Waals surface area (Å²) in [5, 5.41) is 0. The number of anilines is 7. The molecular weight excluding hydrogens is 528 g/mol. The third-order valence-corrected chi connectivity index (χ3v) is 10.9. The molecule has 4 aliphatic rings. The summed E-state index contributed by atoms with van der Waals surface area (Å²) in [7, 11) is 2.22. The Bertz CT molecular complexity index is 1920. The van der Waals surface area contributed by atoms with Crippen LogP contribution in [0.5, 0.6) is 0 Å². The van der Waals surface area contributed by atoms with Gasteiger partial charge in [-0.05, 0) is 66.4 Å². The Labute approximate surface area is 252 Å². The van der Waals surface area contributed by atoms with Crippen LogP contribution in [0.3, 0.4) is 0 Å². The van der Waals surface area contributed by atoms with Crippen molar-refractivity contribution < 1.29 is 0 Å². The van der Waals surface area contributed by atoms with Gasteiger partial charge in [0, 0.05) is 29.5 Å². The highest BCUT2D eigenvalue weighted by Gasteiger charge is 2.69. The molecule has 2 bridgehead atoms. The summed E-state index contributed by atoms with van der Waals surface area (Å²) in [6, 6.07) is 35.8. The minimum atomic E-state index is -0.345. The van der Waals surface area contributed by atoms with E-state index >= 15 is 0 Å². The maximum absolute atomic E-state index is 4.85. The first-order valence-corrected chi connectivity index (χ1v) is 15.2. The Kier molecular flexibility index (Phi) is 4.82. The van der Waals surface area contributed by atoms with Gasteiger partial charge in [0.25, 0.3) is 0 Å². The van der Waals surface area contributed by atoms with Crippen LogP contribution in [0.25, 0.3) is 0 Å². The molecule has 0 radical (unpaired) electrons. The molecule has 0 N–H and O–H groups in total. The fraction of sp³-hybridized carbons (Fsp3) is 0.243. The molecule has 0 spiro atoms. The molecule has 9 rings (SSSR count). The highest BCUT2D eigenvalue weighted by molar-refractivity contribution is 5.91. The van der Waals surface area contributed by atoms with Crippen molar-refractivity contribution in [2.24, 2.45) is 5.41 Å². The maximum atomic E-state index is 4.85. The number of para-hydroxylation sites is 4. The van der Waals surface area contributed by atoms with E-state index in [1.165, 1.54) is 45.1 Å². The molecule has 43 heavy (non-hydrogen) atoms. The minimum absolute atomic E-state index is 0.00417. The van der Waals surface area contributed by atoms with Crippen molar-refractivity contribution >= 4 is 39.9 Å². The number of aryl methyl sites for hydroxylation is 1. The van der Waals surface area contributed by atoms with E-state index in [1.807, 2.05) is 6.20 Å². The third kappa shape index (κ3) is 2.93. The SMILES string of the molecule is Cc1ccccc1N1c2ccccc2N(c2ccccc2)C1C1(C)C2N(C)c3ncncc3N2c2ccc3cc2C1(C)C3. The fourth-order valence-corrected chi connectivity index (χ4v) is 8.89. The predicted molar refractivity (Wildman–Crippen MR) is 174 cm³/mol. The van der Waals surface area contributed by atoms with E-state index in [1.54, 1.807) is 6.33 Å². The van der Waals surface area contributed by atoms with E-state index in [9.17, 15) is 0 Å². The largest absolute Gasteiger partial charge is 0.336 e. The van der Waals surface area contributed by atoms with Crippen LogP contribution in [-0.2, 0) is 11.8 Å². The van der Waals surface area contributed by atoms with Crippen LogP contribution in [0, 0.1) is 12.3 Å². The number of nitrogens with zero attached hydrogens (tertiary/aromatic N) is 6. The van der Waals surface area contributed by atoms with Crippen LogP contribution < -0.4 is 19.6 Å². The summed E-state index contributed by atoms with van der Waals surface area (Å²) < 4.78 is 0. The number of hydrogen-bond donors (Lipinski definition) is 0. The zero-order valence-electron chi connectivity index (χ0n) is 24.9. The van der Waals surface area contributed by atoms with Gasteiger partial charge < -0.3 is 19.6 Å². The first kappa shape index (κ1) is 24.7. The molecule has 0 fully saturated rings. The van der Waals surface area contributed by atoms with Crippen molar-refractivity contribution in [2.75, 3.05) is 26.6 Å². The van der Waals surface area contributed by atoms with E-state index in [-0.39, 0.29) is 23.2 Å². The molecule has 4 aromatic carbocycles. The molecule has 4 heterocycles. The lowest BCUT2D eigenvalue weighted by Gasteiger charge is -2.61. The second-order valence-corrected chi connectivity index (χ2v) is 13.0. The van der Waals surface area contributed by atoms with Crippen LogP contribution >= 0.6 is 0 Å². The smallest absolute Gasteiger partial charge is 0.157 e. The zero-order chi connectivity index (χ0) is 29.1. The van der Waals surface area contributed by atoms with Gasteiger partial charge in [-0.2, -0.15) is 0 Å². The minimum Gasteiger partial charge on any atom is -0.336 e. The van der Waals surface area contributed by atoms with Crippen molar-refractivity contribution in [3.05, 3.63) is 126 Å². The lowest BCUT2D eigenvalue weighted by Crippen LogP contribution is -2.71. The van der Waals surface area contributed by atoms with E-state index in [4.69, 9.17) is 4.98 Å². The Morgan fingerprint density at radius 3 is 2.14 bits per heavy atom. The Morgan fingerprint density at radius 1 is 0.698 bits per heavy atom. The average Bonchev–Trinajstić information content (AvgIpc) is 3.65. The van der Waals surface area contributed by atoms with E-state index in [2.05, 4.69) is 149 Å². The molecule has 6 heteroatoms. The number of aromatic nitrogens is 2. The molecule has 0 saturated carbocycles. The summed E-state index contributed by atoms with van der Waals surface area (Å²) >= 11 is 0. The van der Waals surface area contributed by atoms with Gasteiger partial charge in [0.15, 0.2) is 5.82 Å². The normalized spacial score (nSPS) is 26.0. The molecule has 4 unspecified atom stereocenters. The molecule has 5 aromatic rings. The monoisotopic (exact) mass is 562 g/mol. The molecule has 0 saturated heterocycles. The fourth-order valence-electron chi connectivity index (χ4n) is 8.89. The van der Waals surface area contributed by atoms with Gasteiger partial charge in [-0.25, -0.2) is 9.97 Å². The van der Waals surface area contributed by atoms with Gasteiger partial charge in [-0.15, -0.1) is 0 Å². The van der Waals surface area contributed by atoms with Gasteiger partial charge in [0.1, 0.15) is 24.3 Å². The average molecular weight is 563 g/mol. The summed E-state index contributed by atoms with van der Waals surface area (Å²) in [4.78, 5) is 19.6. The number of hydrogen-bond acceptors (Lipinski definition) is 6. The number of fused-ring (bicyclic) bond motifs is 6. The lowest BCUT2D eigenvalue weighted by molar-refractivity contribution is 0.0798. The second-order valence-electron chi connectivity index (χ2n) is 13.0. The maximum Gasteiger partial charge on any atom is 0.157 e. The zero-order valence-corrected chi connectivity index (χ0v) is 24.9. The van der Waals surface area contributed by atoms with Crippen molar-refractivity contribution in [1.82, 2.24) is 9.97 Å². The van der Waals surface area contributed by atoms with Gasteiger partial charge >= 0.3 is 0 Å². The molecule has 0 amide bonds. The highest BCUT2D eigenvalue weighted by Crippen LogP contribution is 2.68. The topological polar surface area (TPSA) is 38.7 Å². The van der Waals surface area contributed by atoms with E-state index in [0.29, 0.717) is 0 Å². The Morgan fingerprint density at radius 2 is 1.37 bits per heavy atom. The lowest BCUT2D eigenvalue weighted by atomic mass is 9.56. The molecule has 3 aliphatic heterocycles. The van der Waals surface area contributed by atoms with E-state index < -0.39 is 0 Å². The van der Waals surface area contributed by atoms with Gasteiger partial charge in [-0.1, -0.05) is 74.5 Å². The molecule has 1 aromatic heterocycles. The molecule has 1 aliphatic carbocycles. The Hall–Kier alpha value is -4.84. The van der Waals surface area contributed by atoms with Crippen molar-refractivity contribution in [3.63, 3.8) is 0 Å². The van der Waals surface area contributed by atoms with Gasteiger partial charge in [0.05, 0.1) is 23.0 Å². The van der Waals surface area contributed by atoms with Crippen LogP contribution in [0.4, 0.5) is 39.9 Å². The Balaban J connectivity index is 1.39. The van der Waals surface area contributed by atoms with Crippen LogP contribution in [0.1, 0.15) is 30.5 Å². The van der Waals surface area contributed by atoms with Crippen LogP contribution in [-0.4, -0.2) is 29.3 Å². The highest BCUT2D eigenvalue weighted by atomic mass is 15.5. The second kappa shape index (κ2) is 8.38. The first-order valence-electron chi connectivity index (χ1n) is 15.2. The van der Waals surface area contributed by atoms with Crippen LogP contribution in [0.2, 0.25) is 0 Å². The summed E-state index contributed by atoms with van der Waals surface area (Å²) in [6.45, 7) is 7.29. The predicted octanol–water partition coefficient (Wildman–Crippen LogP) is 7.85. The summed E-state index contributed by atoms with van der Waals surface area (Å²) in [6.07, 6.45) is 4.61. The molecule has 6 nitrogen and oxygen atoms in total. The number of benzene rings is 4. The van der Waals surface area contributed by atoms with Gasteiger partial charge in [0.2, 0.25) is 0 Å². The standard InChI is InChI=1S/C37H34N6/c1-24-12-8-9-15-28(24)42-31-17-11-10-16-30(31)41(26-13-6-5-7-14-26)35(42)37(3)34-40(4)33-32(22-38-23-39-33)43(34)29-19-18-25-20-27(29)36(37,2)21-25/h5-20,22-23,34-35H,21H2,1-4H3. The molecule has 4 atom stereocenters. The molecule has 212 valence electrons. The van der Waals surface area contributed by atoms with Crippen LogP contribution in [0.15, 0.2) is 110 Å². The molecular formula is C37H34N6. The summed E-state index contributed by atoms with van der Waals surface area (Å²) in [5.41, 5.74) is 10.8. The summed E-state index contributed by atoms with van der Waals surface area (Å²) in [5.74, 6) is 0.982. The third-order valence-electron chi connectivity index (χ3n) is 10.9.